The first-order chi connectivity index (χ1) is 6.87. The minimum absolute atomic E-state index is 0.177. The second-order valence-corrected chi connectivity index (χ2v) is 4.16. The molecule has 1 unspecified atom stereocenters. The molecule has 2 aliphatic rings. The lowest BCUT2D eigenvalue weighted by Gasteiger charge is -2.39. The van der Waals surface area contributed by atoms with Gasteiger partial charge in [0, 0.05) is 12.0 Å². The molecule has 1 atom stereocenters. The van der Waals surface area contributed by atoms with Crippen LogP contribution >= 0.6 is 0 Å². The van der Waals surface area contributed by atoms with E-state index in [0.29, 0.717) is 0 Å². The van der Waals surface area contributed by atoms with Crippen molar-refractivity contribution < 1.29 is 18.3 Å². The summed E-state index contributed by atoms with van der Waals surface area (Å²) in [4.78, 5) is 0. The van der Waals surface area contributed by atoms with E-state index >= 15 is 0 Å². The summed E-state index contributed by atoms with van der Waals surface area (Å²) >= 11 is 0. The van der Waals surface area contributed by atoms with E-state index in [-0.39, 0.29) is 19.4 Å². The SMILES string of the molecule is CC.OC1(C(F)(F)F)CCNC2(CC2)C1. The van der Waals surface area contributed by atoms with Crippen molar-refractivity contribution in [2.45, 2.75) is 56.8 Å². The van der Waals surface area contributed by atoms with Gasteiger partial charge in [0.05, 0.1) is 0 Å². The Kier molecular flexibility index (Phi) is 3.36. The molecule has 0 aromatic carbocycles. The molecule has 1 aliphatic carbocycles. The third-order valence-electron chi connectivity index (χ3n) is 3.05. The predicted octanol–water partition coefficient (Wildman–Crippen LogP) is 2.22. The lowest BCUT2D eigenvalue weighted by molar-refractivity contribution is -0.272. The maximum absolute atomic E-state index is 12.4. The minimum Gasteiger partial charge on any atom is -0.380 e. The fraction of sp³-hybridized carbons (Fsp3) is 1.00. The smallest absolute Gasteiger partial charge is 0.380 e. The number of hydrogen-bond donors (Lipinski definition) is 2. The van der Waals surface area contributed by atoms with E-state index in [1.54, 1.807) is 0 Å². The Morgan fingerprint density at radius 1 is 1.13 bits per heavy atom. The van der Waals surface area contributed by atoms with E-state index < -0.39 is 17.3 Å². The van der Waals surface area contributed by atoms with Crippen LogP contribution in [0.4, 0.5) is 13.2 Å². The Labute approximate surface area is 87.9 Å². The molecule has 90 valence electrons. The van der Waals surface area contributed by atoms with Crippen LogP contribution in [-0.4, -0.2) is 29.0 Å². The summed E-state index contributed by atoms with van der Waals surface area (Å²) in [7, 11) is 0. The van der Waals surface area contributed by atoms with Crippen molar-refractivity contribution >= 4 is 0 Å². The van der Waals surface area contributed by atoms with Crippen LogP contribution in [0.25, 0.3) is 0 Å². The quantitative estimate of drug-likeness (QED) is 0.662. The first kappa shape index (κ1) is 12.8. The summed E-state index contributed by atoms with van der Waals surface area (Å²) in [6, 6.07) is 0. The first-order valence-corrected chi connectivity index (χ1v) is 5.41. The molecule has 1 spiro atoms. The topological polar surface area (TPSA) is 32.3 Å². The van der Waals surface area contributed by atoms with Gasteiger partial charge in [-0.2, -0.15) is 13.2 Å². The standard InChI is InChI=1S/C8H12F3NO.C2H6/c9-8(10,11)7(13)3-4-12-6(5-7)1-2-6;1-2/h12-13H,1-5H2;1-2H3. The Balaban J connectivity index is 0.000000531. The molecule has 0 radical (unpaired) electrons. The van der Waals surface area contributed by atoms with Crippen molar-refractivity contribution in [2.75, 3.05) is 6.54 Å². The van der Waals surface area contributed by atoms with Gasteiger partial charge in [0.15, 0.2) is 5.60 Å². The molecule has 0 aromatic heterocycles. The maximum Gasteiger partial charge on any atom is 0.417 e. The minimum atomic E-state index is -4.48. The number of nitrogens with one attached hydrogen (secondary N) is 1. The third kappa shape index (κ3) is 2.45. The first-order valence-electron chi connectivity index (χ1n) is 5.41. The third-order valence-corrected chi connectivity index (χ3v) is 3.05. The van der Waals surface area contributed by atoms with Crippen molar-refractivity contribution in [1.29, 1.82) is 0 Å². The Morgan fingerprint density at radius 3 is 2.07 bits per heavy atom. The molecule has 1 saturated heterocycles. The van der Waals surface area contributed by atoms with Gasteiger partial charge in [-0.1, -0.05) is 13.8 Å². The molecule has 0 amide bonds. The number of alkyl halides is 3. The zero-order valence-corrected chi connectivity index (χ0v) is 9.12. The number of hydrogen-bond acceptors (Lipinski definition) is 2. The van der Waals surface area contributed by atoms with Crippen molar-refractivity contribution in [2.24, 2.45) is 0 Å². The van der Waals surface area contributed by atoms with Gasteiger partial charge in [-0.15, -0.1) is 0 Å². The van der Waals surface area contributed by atoms with E-state index in [1.807, 2.05) is 13.8 Å². The lowest BCUT2D eigenvalue weighted by atomic mass is 9.85. The van der Waals surface area contributed by atoms with Crippen LogP contribution in [0.15, 0.2) is 0 Å². The molecule has 0 bridgehead atoms. The van der Waals surface area contributed by atoms with Gasteiger partial charge in [0.1, 0.15) is 0 Å². The Bertz CT molecular complexity index is 225. The highest BCUT2D eigenvalue weighted by molar-refractivity contribution is 5.11. The molecular weight excluding hydrogens is 207 g/mol. The van der Waals surface area contributed by atoms with Crippen molar-refractivity contribution in [3.8, 4) is 0 Å². The zero-order chi connectivity index (χ0) is 11.7. The maximum atomic E-state index is 12.4. The largest absolute Gasteiger partial charge is 0.417 e. The lowest BCUT2D eigenvalue weighted by Crippen LogP contribution is -2.57. The molecule has 15 heavy (non-hydrogen) atoms. The highest BCUT2D eigenvalue weighted by atomic mass is 19.4. The average Bonchev–Trinajstić information content (AvgIpc) is 2.86. The highest BCUT2D eigenvalue weighted by Crippen LogP contribution is 2.50. The molecule has 5 heteroatoms. The van der Waals surface area contributed by atoms with Gasteiger partial charge >= 0.3 is 6.18 Å². The number of halogens is 3. The van der Waals surface area contributed by atoms with Crippen LogP contribution in [0.1, 0.15) is 39.5 Å². The number of rotatable bonds is 0. The van der Waals surface area contributed by atoms with Gasteiger partial charge in [0.25, 0.3) is 0 Å². The van der Waals surface area contributed by atoms with Gasteiger partial charge in [-0.3, -0.25) is 0 Å². The summed E-state index contributed by atoms with van der Waals surface area (Å²) in [6.45, 7) is 4.26. The monoisotopic (exact) mass is 225 g/mol. The second-order valence-electron chi connectivity index (χ2n) is 4.16. The fourth-order valence-electron chi connectivity index (χ4n) is 1.99. The van der Waals surface area contributed by atoms with Crippen LogP contribution in [0.5, 0.6) is 0 Å². The molecule has 2 fully saturated rings. The van der Waals surface area contributed by atoms with E-state index in [2.05, 4.69) is 5.32 Å². The molecule has 2 N–H and O–H groups in total. The highest BCUT2D eigenvalue weighted by Gasteiger charge is 2.61. The van der Waals surface area contributed by atoms with E-state index in [4.69, 9.17) is 0 Å². The number of piperidine rings is 1. The predicted molar refractivity (Wildman–Crippen MR) is 51.6 cm³/mol. The van der Waals surface area contributed by atoms with Gasteiger partial charge in [-0.05, 0) is 25.8 Å². The van der Waals surface area contributed by atoms with Gasteiger partial charge in [-0.25, -0.2) is 0 Å². The molecule has 1 heterocycles. The Morgan fingerprint density at radius 2 is 1.67 bits per heavy atom. The van der Waals surface area contributed by atoms with E-state index in [9.17, 15) is 18.3 Å². The van der Waals surface area contributed by atoms with Crippen LogP contribution in [-0.2, 0) is 0 Å². The summed E-state index contributed by atoms with van der Waals surface area (Å²) in [5.74, 6) is 0. The zero-order valence-electron chi connectivity index (χ0n) is 9.12. The van der Waals surface area contributed by atoms with Crippen molar-refractivity contribution in [3.05, 3.63) is 0 Å². The second kappa shape index (κ2) is 3.94. The van der Waals surface area contributed by atoms with Crippen LogP contribution in [0, 0.1) is 0 Å². The van der Waals surface area contributed by atoms with Crippen LogP contribution in [0.2, 0.25) is 0 Å². The normalized spacial score (nSPS) is 33.2. The molecule has 0 aromatic rings. The number of aliphatic hydroxyl groups is 1. The Hall–Kier alpha value is -0.290. The molecule has 2 rings (SSSR count). The summed E-state index contributed by atoms with van der Waals surface area (Å²) in [6.07, 6.45) is -3.37. The molecule has 1 saturated carbocycles. The van der Waals surface area contributed by atoms with Crippen molar-refractivity contribution in [1.82, 2.24) is 5.32 Å². The van der Waals surface area contributed by atoms with E-state index in [0.717, 1.165) is 12.8 Å². The average molecular weight is 225 g/mol. The van der Waals surface area contributed by atoms with Gasteiger partial charge in [0.2, 0.25) is 0 Å². The molecule has 2 nitrogen and oxygen atoms in total. The van der Waals surface area contributed by atoms with Crippen LogP contribution < -0.4 is 5.32 Å². The summed E-state index contributed by atoms with van der Waals surface area (Å²) in [5.41, 5.74) is -2.85. The van der Waals surface area contributed by atoms with Crippen LogP contribution in [0.3, 0.4) is 0 Å². The molecule has 1 aliphatic heterocycles. The fourth-order valence-corrected chi connectivity index (χ4v) is 1.99. The van der Waals surface area contributed by atoms with Gasteiger partial charge < -0.3 is 10.4 Å². The molecular formula is C10H18F3NO. The summed E-state index contributed by atoms with van der Waals surface area (Å²) in [5, 5.41) is 12.5. The summed E-state index contributed by atoms with van der Waals surface area (Å²) < 4.78 is 37.3. The van der Waals surface area contributed by atoms with Crippen molar-refractivity contribution in [3.63, 3.8) is 0 Å². The van der Waals surface area contributed by atoms with E-state index in [1.165, 1.54) is 0 Å².